The molecule has 1 aliphatic rings. The maximum Gasteiger partial charge on any atom is 0.332 e. The van der Waals surface area contributed by atoms with Gasteiger partial charge in [-0.15, -0.1) is 0 Å². The molecule has 0 saturated carbocycles. The number of halogens is 1. The lowest BCUT2D eigenvalue weighted by molar-refractivity contribution is -0.147. The molecule has 2 unspecified atom stereocenters. The van der Waals surface area contributed by atoms with E-state index in [1.807, 2.05) is 0 Å². The van der Waals surface area contributed by atoms with Crippen LogP contribution >= 0.6 is 0 Å². The van der Waals surface area contributed by atoms with E-state index in [1.54, 1.807) is 37.2 Å². The largest absolute Gasteiger partial charge is 0.479 e. The molecule has 1 aliphatic heterocycles. The van der Waals surface area contributed by atoms with Gasteiger partial charge in [-0.3, -0.25) is 24.2 Å². The lowest BCUT2D eigenvalue weighted by atomic mass is 10.2. The first-order chi connectivity index (χ1) is 13.5. The van der Waals surface area contributed by atoms with Crippen molar-refractivity contribution in [2.75, 3.05) is 14.1 Å². The maximum atomic E-state index is 13.5. The van der Waals surface area contributed by atoms with Gasteiger partial charge >= 0.3 is 5.97 Å². The summed E-state index contributed by atoms with van der Waals surface area (Å²) in [6.45, 7) is 2.69. The third-order valence-corrected chi connectivity index (χ3v) is 4.32. The molecule has 0 spiro atoms. The van der Waals surface area contributed by atoms with Gasteiger partial charge in [0.15, 0.2) is 0 Å². The van der Waals surface area contributed by atoms with Crippen LogP contribution in [0.2, 0.25) is 0 Å². The Morgan fingerprint density at radius 3 is 2.28 bits per heavy atom. The Hall–Kier alpha value is -2.85. The number of hydrogen-bond acceptors (Lipinski definition) is 6. The number of aliphatic hydroxyl groups is 1. The standard InChI is InChI=1S/C16H20FN3O3.C3H6O3/c1-10(20-14(21)8-13(16(20)23)19(2)3)15(22)18-9-11-6-4-5-7-12(11)17;1-2(4)3(5)6/h4-7,10,13H,8-9H2,1-3H3,(H,18,22);2,4H,1H3,(H,5,6)/t10-,13?;/m1./s1. The van der Waals surface area contributed by atoms with Crippen molar-refractivity contribution in [1.82, 2.24) is 15.1 Å². The van der Waals surface area contributed by atoms with Crippen molar-refractivity contribution in [1.29, 1.82) is 0 Å². The molecule has 1 saturated heterocycles. The van der Waals surface area contributed by atoms with E-state index in [-0.39, 0.29) is 24.8 Å². The van der Waals surface area contributed by atoms with Crippen LogP contribution in [0.25, 0.3) is 0 Å². The highest BCUT2D eigenvalue weighted by Crippen LogP contribution is 2.19. The Bertz CT molecular complexity index is 768. The molecule has 1 fully saturated rings. The molecule has 2 rings (SSSR count). The second kappa shape index (κ2) is 10.6. The van der Waals surface area contributed by atoms with Crippen molar-refractivity contribution in [3.63, 3.8) is 0 Å². The van der Waals surface area contributed by atoms with Crippen molar-refractivity contribution in [3.05, 3.63) is 35.6 Å². The van der Waals surface area contributed by atoms with Gasteiger partial charge in [-0.25, -0.2) is 9.18 Å². The minimum absolute atomic E-state index is 0.00315. The number of aliphatic carboxylic acids is 1. The first kappa shape index (κ1) is 24.2. The highest BCUT2D eigenvalue weighted by atomic mass is 19.1. The summed E-state index contributed by atoms with van der Waals surface area (Å²) in [6.07, 6.45) is -1.17. The van der Waals surface area contributed by atoms with Crippen molar-refractivity contribution in [2.24, 2.45) is 0 Å². The van der Waals surface area contributed by atoms with Crippen molar-refractivity contribution in [3.8, 4) is 0 Å². The quantitative estimate of drug-likeness (QED) is 0.561. The van der Waals surface area contributed by atoms with Gasteiger partial charge < -0.3 is 15.5 Å². The van der Waals surface area contributed by atoms with Crippen molar-refractivity contribution >= 4 is 23.7 Å². The number of carboxylic acids is 1. The zero-order valence-corrected chi connectivity index (χ0v) is 16.8. The summed E-state index contributed by atoms with van der Waals surface area (Å²) in [5, 5.41) is 18.3. The smallest absolute Gasteiger partial charge is 0.332 e. The van der Waals surface area contributed by atoms with Gasteiger partial charge in [-0.1, -0.05) is 18.2 Å². The van der Waals surface area contributed by atoms with Crippen LogP contribution in [-0.4, -0.2) is 76.0 Å². The molecule has 10 heteroatoms. The summed E-state index contributed by atoms with van der Waals surface area (Å²) in [5.41, 5.74) is 0.346. The van der Waals surface area contributed by atoms with E-state index in [1.165, 1.54) is 19.9 Å². The third-order valence-electron chi connectivity index (χ3n) is 4.32. The minimum Gasteiger partial charge on any atom is -0.479 e. The monoisotopic (exact) mass is 411 g/mol. The van der Waals surface area contributed by atoms with E-state index in [4.69, 9.17) is 10.2 Å². The number of hydrogen-bond donors (Lipinski definition) is 3. The lowest BCUT2D eigenvalue weighted by Crippen LogP contribution is -2.49. The van der Waals surface area contributed by atoms with Crippen molar-refractivity contribution in [2.45, 2.75) is 45.0 Å². The van der Waals surface area contributed by atoms with Crippen LogP contribution < -0.4 is 5.32 Å². The number of amides is 3. The molecular formula is C19H26FN3O6. The summed E-state index contributed by atoms with van der Waals surface area (Å²) >= 11 is 0. The average Bonchev–Trinajstić information content (AvgIpc) is 2.95. The molecule has 0 bridgehead atoms. The van der Waals surface area contributed by atoms with E-state index < -0.39 is 35.9 Å². The number of likely N-dealkylation sites (N-methyl/N-ethyl adjacent to an activating group) is 1. The zero-order valence-electron chi connectivity index (χ0n) is 16.8. The number of rotatable bonds is 6. The zero-order chi connectivity index (χ0) is 22.3. The SMILES string of the molecule is CC(O)C(=O)O.C[C@H](C(=O)NCc1ccccc1F)N1C(=O)CC(N(C)C)C1=O. The van der Waals surface area contributed by atoms with Gasteiger partial charge in [-0.2, -0.15) is 0 Å². The molecule has 3 amide bonds. The second-order valence-electron chi connectivity index (χ2n) is 6.78. The van der Waals surface area contributed by atoms with Crippen LogP contribution in [0.4, 0.5) is 4.39 Å². The number of nitrogens with one attached hydrogen (secondary N) is 1. The fraction of sp³-hybridized carbons (Fsp3) is 0.474. The Morgan fingerprint density at radius 2 is 1.83 bits per heavy atom. The van der Waals surface area contributed by atoms with Gasteiger partial charge in [0.25, 0.3) is 0 Å². The van der Waals surface area contributed by atoms with E-state index in [0.717, 1.165) is 4.90 Å². The number of imide groups is 1. The Kier molecular flexibility index (Phi) is 8.86. The first-order valence-electron chi connectivity index (χ1n) is 8.91. The van der Waals surface area contributed by atoms with Crippen molar-refractivity contribution < 1.29 is 33.8 Å². The van der Waals surface area contributed by atoms with Gasteiger partial charge in [0.2, 0.25) is 17.7 Å². The molecule has 29 heavy (non-hydrogen) atoms. The molecule has 0 aromatic heterocycles. The van der Waals surface area contributed by atoms with E-state index in [0.29, 0.717) is 5.56 Å². The number of nitrogens with zero attached hydrogens (tertiary/aromatic N) is 2. The highest BCUT2D eigenvalue weighted by Gasteiger charge is 2.43. The number of carbonyl (C=O) groups is 4. The number of carbonyl (C=O) groups excluding carboxylic acids is 3. The van der Waals surface area contributed by atoms with Gasteiger partial charge in [-0.05, 0) is 34.0 Å². The fourth-order valence-corrected chi connectivity index (χ4v) is 2.53. The van der Waals surface area contributed by atoms with Gasteiger partial charge in [0.1, 0.15) is 18.0 Å². The molecule has 160 valence electrons. The fourth-order valence-electron chi connectivity index (χ4n) is 2.53. The Balaban J connectivity index is 0.000000612. The maximum absolute atomic E-state index is 13.5. The van der Waals surface area contributed by atoms with E-state index in [9.17, 15) is 23.6 Å². The molecule has 3 N–H and O–H groups in total. The normalized spacial score (nSPS) is 18.2. The predicted molar refractivity (Wildman–Crippen MR) is 101 cm³/mol. The van der Waals surface area contributed by atoms with Crippen LogP contribution in [0.3, 0.4) is 0 Å². The number of benzene rings is 1. The van der Waals surface area contributed by atoms with Gasteiger partial charge in [0, 0.05) is 12.1 Å². The second-order valence-corrected chi connectivity index (χ2v) is 6.78. The topological polar surface area (TPSA) is 127 Å². The molecule has 9 nitrogen and oxygen atoms in total. The highest BCUT2D eigenvalue weighted by molar-refractivity contribution is 6.08. The molecule has 0 aliphatic carbocycles. The van der Waals surface area contributed by atoms with Crippen LogP contribution in [0.5, 0.6) is 0 Å². The van der Waals surface area contributed by atoms with Crippen LogP contribution in [0, 0.1) is 5.82 Å². The number of likely N-dealkylation sites (tertiary alicyclic amines) is 1. The molecule has 1 aromatic carbocycles. The number of aliphatic hydroxyl groups excluding tert-OH is 1. The summed E-state index contributed by atoms with van der Waals surface area (Å²) < 4.78 is 13.5. The minimum atomic E-state index is -1.23. The Morgan fingerprint density at radius 1 is 1.28 bits per heavy atom. The predicted octanol–water partition coefficient (Wildman–Crippen LogP) is -0.0287. The van der Waals surface area contributed by atoms with Crippen LogP contribution in [-0.2, 0) is 25.7 Å². The molecule has 0 radical (unpaired) electrons. The van der Waals surface area contributed by atoms with Crippen LogP contribution in [0.15, 0.2) is 24.3 Å². The molecule has 1 aromatic rings. The van der Waals surface area contributed by atoms with E-state index >= 15 is 0 Å². The van der Waals surface area contributed by atoms with Crippen LogP contribution in [0.1, 0.15) is 25.8 Å². The third kappa shape index (κ3) is 6.61. The molecule has 1 heterocycles. The summed E-state index contributed by atoms with van der Waals surface area (Å²) in [5.74, 6) is -2.85. The summed E-state index contributed by atoms with van der Waals surface area (Å²) in [4.78, 5) is 48.5. The molecular weight excluding hydrogens is 385 g/mol. The molecule has 3 atom stereocenters. The Labute approximate surface area is 168 Å². The summed E-state index contributed by atoms with van der Waals surface area (Å²) in [6, 6.07) is 4.64. The first-order valence-corrected chi connectivity index (χ1v) is 8.91. The van der Waals surface area contributed by atoms with E-state index in [2.05, 4.69) is 5.32 Å². The summed E-state index contributed by atoms with van der Waals surface area (Å²) in [7, 11) is 3.42. The van der Waals surface area contributed by atoms with Gasteiger partial charge in [0.05, 0.1) is 12.5 Å². The lowest BCUT2D eigenvalue weighted by Gasteiger charge is -2.23. The average molecular weight is 411 g/mol. The number of carboxylic acid groups (broad SMARTS) is 1.